The third kappa shape index (κ3) is 6.47. The monoisotopic (exact) mass is 354 g/mol. The molecule has 0 radical (unpaired) electrons. The molecule has 0 aromatic heterocycles. The van der Waals surface area contributed by atoms with E-state index in [2.05, 4.69) is 33.1 Å². The third-order valence-corrected chi connectivity index (χ3v) is 3.83. The van der Waals surface area contributed by atoms with E-state index in [-0.39, 0.29) is 5.91 Å². The van der Waals surface area contributed by atoms with Crippen molar-refractivity contribution in [2.45, 2.75) is 6.42 Å². The minimum Gasteiger partial charge on any atom is -0.497 e. The predicted molar refractivity (Wildman–Crippen MR) is 105 cm³/mol. The van der Waals surface area contributed by atoms with Crippen molar-refractivity contribution in [3.8, 4) is 5.75 Å². The van der Waals surface area contributed by atoms with Crippen molar-refractivity contribution >= 4 is 11.9 Å². The van der Waals surface area contributed by atoms with E-state index in [4.69, 9.17) is 4.74 Å². The highest BCUT2D eigenvalue weighted by atomic mass is 16.5. The highest BCUT2D eigenvalue weighted by Crippen LogP contribution is 2.10. The van der Waals surface area contributed by atoms with Gasteiger partial charge in [0.15, 0.2) is 5.96 Å². The molecule has 6 nitrogen and oxygen atoms in total. The van der Waals surface area contributed by atoms with Gasteiger partial charge in [0.2, 0.25) is 0 Å². The lowest BCUT2D eigenvalue weighted by molar-refractivity contribution is 0.0954. The second kappa shape index (κ2) is 10.8. The van der Waals surface area contributed by atoms with Crippen molar-refractivity contribution in [2.75, 3.05) is 33.8 Å². The van der Waals surface area contributed by atoms with Crippen LogP contribution in [0, 0.1) is 0 Å². The van der Waals surface area contributed by atoms with Gasteiger partial charge in [-0.3, -0.25) is 9.79 Å². The molecular weight excluding hydrogens is 328 g/mol. The van der Waals surface area contributed by atoms with Crippen LogP contribution < -0.4 is 20.7 Å². The normalized spacial score (nSPS) is 10.9. The summed E-state index contributed by atoms with van der Waals surface area (Å²) in [6, 6.07) is 17.3. The van der Waals surface area contributed by atoms with Crippen molar-refractivity contribution in [3.63, 3.8) is 0 Å². The molecule has 0 unspecified atom stereocenters. The Bertz CT molecular complexity index is 700. The summed E-state index contributed by atoms with van der Waals surface area (Å²) in [7, 11) is 3.33. The lowest BCUT2D eigenvalue weighted by atomic mass is 10.1. The van der Waals surface area contributed by atoms with Crippen molar-refractivity contribution in [3.05, 3.63) is 65.7 Å². The molecule has 0 fully saturated rings. The smallest absolute Gasteiger partial charge is 0.251 e. The molecule has 0 heterocycles. The summed E-state index contributed by atoms with van der Waals surface area (Å²) < 4.78 is 5.08. The number of hydrogen-bond donors (Lipinski definition) is 3. The zero-order valence-corrected chi connectivity index (χ0v) is 15.3. The number of carbonyl (C=O) groups excluding carboxylic acids is 1. The quantitative estimate of drug-likeness (QED) is 0.384. The molecular formula is C20H26N4O2. The summed E-state index contributed by atoms with van der Waals surface area (Å²) >= 11 is 0. The maximum Gasteiger partial charge on any atom is 0.251 e. The molecule has 0 spiro atoms. The van der Waals surface area contributed by atoms with Gasteiger partial charge in [0.05, 0.1) is 7.11 Å². The van der Waals surface area contributed by atoms with E-state index in [1.165, 1.54) is 5.56 Å². The summed E-state index contributed by atoms with van der Waals surface area (Å²) in [5, 5.41) is 9.32. The summed E-state index contributed by atoms with van der Waals surface area (Å²) in [5.41, 5.74) is 1.89. The Morgan fingerprint density at radius 3 is 2.23 bits per heavy atom. The molecule has 0 saturated heterocycles. The first-order valence-electron chi connectivity index (χ1n) is 8.63. The number of nitrogens with zero attached hydrogens (tertiary/aromatic N) is 1. The lowest BCUT2D eigenvalue weighted by Crippen LogP contribution is -2.42. The van der Waals surface area contributed by atoms with Crippen LogP contribution in [0.25, 0.3) is 0 Å². The van der Waals surface area contributed by atoms with Crippen molar-refractivity contribution in [2.24, 2.45) is 4.99 Å². The minimum atomic E-state index is -0.110. The second-order valence-electron chi connectivity index (χ2n) is 5.65. The summed E-state index contributed by atoms with van der Waals surface area (Å²) in [6.07, 6.45) is 0.926. The Hall–Kier alpha value is -3.02. The third-order valence-electron chi connectivity index (χ3n) is 3.83. The van der Waals surface area contributed by atoms with E-state index in [9.17, 15) is 4.79 Å². The number of methoxy groups -OCH3 is 1. The van der Waals surface area contributed by atoms with E-state index < -0.39 is 0 Å². The minimum absolute atomic E-state index is 0.110. The second-order valence-corrected chi connectivity index (χ2v) is 5.65. The van der Waals surface area contributed by atoms with Crippen LogP contribution in [-0.2, 0) is 6.42 Å². The van der Waals surface area contributed by atoms with Gasteiger partial charge in [0, 0.05) is 32.2 Å². The lowest BCUT2D eigenvalue weighted by Gasteiger charge is -2.12. The van der Waals surface area contributed by atoms with Gasteiger partial charge < -0.3 is 20.7 Å². The maximum atomic E-state index is 12.1. The first kappa shape index (κ1) is 19.3. The highest BCUT2D eigenvalue weighted by Gasteiger charge is 2.05. The van der Waals surface area contributed by atoms with E-state index in [0.29, 0.717) is 18.7 Å². The van der Waals surface area contributed by atoms with E-state index >= 15 is 0 Å². The molecule has 0 saturated carbocycles. The Balaban J connectivity index is 1.64. The fourth-order valence-electron chi connectivity index (χ4n) is 2.39. The van der Waals surface area contributed by atoms with Gasteiger partial charge >= 0.3 is 0 Å². The molecule has 0 bridgehead atoms. The number of hydrogen-bond acceptors (Lipinski definition) is 3. The molecule has 0 aliphatic heterocycles. The van der Waals surface area contributed by atoms with Gasteiger partial charge in [-0.05, 0) is 36.2 Å². The SMILES string of the molecule is CN=C(NCCNC(=O)c1ccc(OC)cc1)NCCc1ccccc1. The number of nitrogens with one attached hydrogen (secondary N) is 3. The van der Waals surface area contributed by atoms with Gasteiger partial charge in [-0.2, -0.15) is 0 Å². The molecule has 1 amide bonds. The average Bonchev–Trinajstić information content (AvgIpc) is 2.70. The number of aliphatic imine (C=N–C) groups is 1. The van der Waals surface area contributed by atoms with Crippen LogP contribution >= 0.6 is 0 Å². The van der Waals surface area contributed by atoms with Crippen LogP contribution in [-0.4, -0.2) is 45.7 Å². The van der Waals surface area contributed by atoms with Gasteiger partial charge in [-0.25, -0.2) is 0 Å². The van der Waals surface area contributed by atoms with Gasteiger partial charge in [0.25, 0.3) is 5.91 Å². The number of benzene rings is 2. The van der Waals surface area contributed by atoms with Crippen molar-refractivity contribution in [1.29, 1.82) is 0 Å². The van der Waals surface area contributed by atoms with Gasteiger partial charge in [-0.15, -0.1) is 0 Å². The number of rotatable bonds is 8. The zero-order chi connectivity index (χ0) is 18.6. The van der Waals surface area contributed by atoms with Crippen LogP contribution in [0.15, 0.2) is 59.6 Å². The molecule has 2 aromatic rings. The first-order chi connectivity index (χ1) is 12.7. The van der Waals surface area contributed by atoms with Crippen LogP contribution in [0.5, 0.6) is 5.75 Å². The van der Waals surface area contributed by atoms with Crippen LogP contribution in [0.4, 0.5) is 0 Å². The van der Waals surface area contributed by atoms with E-state index in [1.807, 2.05) is 18.2 Å². The predicted octanol–water partition coefficient (Wildman–Crippen LogP) is 1.83. The Labute approximate surface area is 154 Å². The molecule has 6 heteroatoms. The number of ether oxygens (including phenoxy) is 1. The zero-order valence-electron chi connectivity index (χ0n) is 15.3. The molecule has 0 atom stereocenters. The van der Waals surface area contributed by atoms with E-state index in [1.54, 1.807) is 38.4 Å². The summed E-state index contributed by atoms with van der Waals surface area (Å²) in [6.45, 7) is 1.89. The summed E-state index contributed by atoms with van der Waals surface area (Å²) in [4.78, 5) is 16.2. The highest BCUT2D eigenvalue weighted by molar-refractivity contribution is 5.94. The van der Waals surface area contributed by atoms with Gasteiger partial charge in [0.1, 0.15) is 5.75 Å². The average molecular weight is 354 g/mol. The Kier molecular flexibility index (Phi) is 7.99. The summed E-state index contributed by atoms with van der Waals surface area (Å²) in [5.74, 6) is 1.34. The fourth-order valence-corrected chi connectivity index (χ4v) is 2.39. The number of carbonyl (C=O) groups is 1. The van der Waals surface area contributed by atoms with Crippen LogP contribution in [0.1, 0.15) is 15.9 Å². The van der Waals surface area contributed by atoms with Crippen molar-refractivity contribution in [1.82, 2.24) is 16.0 Å². The number of guanidine groups is 1. The Morgan fingerprint density at radius 1 is 0.923 bits per heavy atom. The molecule has 0 aliphatic carbocycles. The van der Waals surface area contributed by atoms with Gasteiger partial charge in [-0.1, -0.05) is 30.3 Å². The van der Waals surface area contributed by atoms with E-state index in [0.717, 1.165) is 24.7 Å². The van der Waals surface area contributed by atoms with Crippen molar-refractivity contribution < 1.29 is 9.53 Å². The van der Waals surface area contributed by atoms with Crippen LogP contribution in [0.3, 0.4) is 0 Å². The molecule has 138 valence electrons. The topological polar surface area (TPSA) is 74.8 Å². The fraction of sp³-hybridized carbons (Fsp3) is 0.300. The molecule has 0 aliphatic rings. The van der Waals surface area contributed by atoms with Crippen LogP contribution in [0.2, 0.25) is 0 Å². The molecule has 2 rings (SSSR count). The largest absolute Gasteiger partial charge is 0.497 e. The number of amides is 1. The molecule has 26 heavy (non-hydrogen) atoms. The maximum absolute atomic E-state index is 12.1. The standard InChI is InChI=1S/C20H26N4O2/c1-21-20(23-13-12-16-6-4-3-5-7-16)24-15-14-22-19(25)17-8-10-18(26-2)11-9-17/h3-11H,12-15H2,1-2H3,(H,22,25)(H2,21,23,24). The first-order valence-corrected chi connectivity index (χ1v) is 8.63. The Morgan fingerprint density at radius 2 is 1.58 bits per heavy atom. The molecule has 2 aromatic carbocycles. The molecule has 3 N–H and O–H groups in total.